The molecule has 0 aromatic carbocycles. The molecular weight excluding hydrogens is 390 g/mol. The Morgan fingerprint density at radius 3 is 2.83 bits per heavy atom. The normalized spacial score (nSPS) is 17.2. The number of carbonyl (C=O) groups excluding carboxylic acids is 1. The number of ether oxygens (including phenoxy) is 2. The minimum Gasteiger partial charge on any atom is -0.441 e. The fourth-order valence-electron chi connectivity index (χ4n) is 3.61. The van der Waals surface area contributed by atoms with Crippen molar-refractivity contribution >= 4 is 34.2 Å². The molecule has 3 aromatic heterocycles. The van der Waals surface area contributed by atoms with Gasteiger partial charge >= 0.3 is 6.09 Å². The van der Waals surface area contributed by atoms with Gasteiger partial charge in [0.25, 0.3) is 0 Å². The third kappa shape index (κ3) is 3.41. The molecule has 2 saturated heterocycles. The minimum absolute atomic E-state index is 0.0997. The average molecular weight is 409 g/mol. The molecule has 5 rings (SSSR count). The molecule has 0 bridgehead atoms. The summed E-state index contributed by atoms with van der Waals surface area (Å²) < 4.78 is 10.5. The van der Waals surface area contributed by atoms with Crippen LogP contribution in [0.15, 0.2) is 29.8 Å². The van der Waals surface area contributed by atoms with E-state index in [0.29, 0.717) is 31.2 Å². The van der Waals surface area contributed by atoms with Gasteiger partial charge in [-0.1, -0.05) is 0 Å². The maximum atomic E-state index is 12.2. The number of rotatable bonds is 3. The topological polar surface area (TPSA) is 94.5 Å². The van der Waals surface area contributed by atoms with E-state index in [-0.39, 0.29) is 12.2 Å². The molecule has 0 saturated carbocycles. The van der Waals surface area contributed by atoms with Gasteiger partial charge in [0.05, 0.1) is 13.2 Å². The highest BCUT2D eigenvalue weighted by Crippen LogP contribution is 2.32. The molecule has 0 atom stereocenters. The number of anilines is 1. The van der Waals surface area contributed by atoms with Crippen LogP contribution in [0.1, 0.15) is 4.88 Å². The molecule has 5 heterocycles. The number of nitriles is 1. The first-order valence-electron chi connectivity index (χ1n) is 9.46. The number of pyridine rings is 1. The molecule has 9 heteroatoms. The summed E-state index contributed by atoms with van der Waals surface area (Å²) in [4.78, 5) is 24.8. The van der Waals surface area contributed by atoms with E-state index in [1.807, 2.05) is 17.5 Å². The standard InChI is InChI=1S/C20H19N5O3S/c21-9-15-7-13(12-29-15)17-8-16-18(1-2-22-19(16)23-17)24-3-5-25(6-4-24)20(26)28-14-10-27-11-14/h1-2,7-8,12,14H,3-6,10-11H2,(H,22,23). The van der Waals surface area contributed by atoms with Crippen molar-refractivity contribution in [2.45, 2.75) is 6.10 Å². The smallest absolute Gasteiger partial charge is 0.410 e. The molecule has 3 aromatic rings. The second-order valence-electron chi connectivity index (χ2n) is 7.10. The summed E-state index contributed by atoms with van der Waals surface area (Å²) in [6.45, 7) is 3.68. The zero-order valence-electron chi connectivity index (χ0n) is 15.6. The second kappa shape index (κ2) is 7.39. The van der Waals surface area contributed by atoms with Crippen LogP contribution < -0.4 is 4.90 Å². The predicted molar refractivity (Wildman–Crippen MR) is 109 cm³/mol. The van der Waals surface area contributed by atoms with Gasteiger partial charge in [-0.25, -0.2) is 9.78 Å². The predicted octanol–water partition coefficient (Wildman–Crippen LogP) is 2.82. The van der Waals surface area contributed by atoms with Crippen molar-refractivity contribution in [3.8, 4) is 17.3 Å². The van der Waals surface area contributed by atoms with E-state index in [0.717, 1.165) is 41.1 Å². The lowest BCUT2D eigenvalue weighted by Gasteiger charge is -2.37. The first kappa shape index (κ1) is 18.0. The first-order chi connectivity index (χ1) is 14.2. The summed E-state index contributed by atoms with van der Waals surface area (Å²) in [7, 11) is 0. The number of thiophene rings is 1. The maximum Gasteiger partial charge on any atom is 0.410 e. The molecule has 1 amide bonds. The number of nitrogens with one attached hydrogen (secondary N) is 1. The molecule has 2 aliphatic rings. The summed E-state index contributed by atoms with van der Waals surface area (Å²) in [5.41, 5.74) is 3.84. The number of piperazine rings is 1. The number of hydrogen-bond donors (Lipinski definition) is 1. The number of amides is 1. The van der Waals surface area contributed by atoms with Crippen molar-refractivity contribution in [2.24, 2.45) is 0 Å². The summed E-state index contributed by atoms with van der Waals surface area (Å²) in [5, 5.41) is 12.1. The molecule has 8 nitrogen and oxygen atoms in total. The number of aromatic amines is 1. The van der Waals surface area contributed by atoms with Gasteiger partial charge in [-0.05, 0) is 18.2 Å². The Balaban J connectivity index is 1.33. The molecule has 29 heavy (non-hydrogen) atoms. The number of H-pyrrole nitrogens is 1. The van der Waals surface area contributed by atoms with Crippen LogP contribution in [0.3, 0.4) is 0 Å². The van der Waals surface area contributed by atoms with Crippen LogP contribution in [0.25, 0.3) is 22.3 Å². The van der Waals surface area contributed by atoms with E-state index in [9.17, 15) is 4.79 Å². The fourth-order valence-corrected chi connectivity index (χ4v) is 4.31. The van der Waals surface area contributed by atoms with Crippen molar-refractivity contribution in [1.29, 1.82) is 5.26 Å². The molecule has 0 aliphatic carbocycles. The van der Waals surface area contributed by atoms with E-state index >= 15 is 0 Å². The Bertz CT molecular complexity index is 1090. The Labute approximate surface area is 171 Å². The Kier molecular flexibility index (Phi) is 4.58. The van der Waals surface area contributed by atoms with Crippen molar-refractivity contribution in [3.05, 3.63) is 34.7 Å². The lowest BCUT2D eigenvalue weighted by Crippen LogP contribution is -2.51. The zero-order valence-corrected chi connectivity index (χ0v) is 16.4. The van der Waals surface area contributed by atoms with E-state index < -0.39 is 0 Å². The van der Waals surface area contributed by atoms with Crippen molar-refractivity contribution in [3.63, 3.8) is 0 Å². The molecule has 148 valence electrons. The van der Waals surface area contributed by atoms with Crippen LogP contribution in [0, 0.1) is 11.3 Å². The zero-order chi connectivity index (χ0) is 19.8. The van der Waals surface area contributed by atoms with Crippen molar-refractivity contribution in [1.82, 2.24) is 14.9 Å². The number of nitrogens with zero attached hydrogens (tertiary/aromatic N) is 4. The maximum absolute atomic E-state index is 12.2. The van der Waals surface area contributed by atoms with Gasteiger partial charge in [-0.3, -0.25) is 0 Å². The van der Waals surface area contributed by atoms with Gasteiger partial charge in [0.2, 0.25) is 0 Å². The van der Waals surface area contributed by atoms with E-state index in [1.54, 1.807) is 11.1 Å². The van der Waals surface area contributed by atoms with Crippen LogP contribution in [0.4, 0.5) is 10.5 Å². The SMILES string of the molecule is N#Cc1cc(-c2cc3c(N4CCN(C(=O)OC5COC5)CC4)ccnc3[nH]2)cs1. The van der Waals surface area contributed by atoms with Gasteiger partial charge in [0.15, 0.2) is 6.10 Å². The summed E-state index contributed by atoms with van der Waals surface area (Å²) in [6.07, 6.45) is 1.44. The van der Waals surface area contributed by atoms with Crippen LogP contribution in [-0.2, 0) is 9.47 Å². The third-order valence-corrected chi connectivity index (χ3v) is 6.12. The lowest BCUT2D eigenvalue weighted by molar-refractivity contribution is -0.104. The van der Waals surface area contributed by atoms with Gasteiger partial charge in [-0.2, -0.15) is 5.26 Å². The fraction of sp³-hybridized carbons (Fsp3) is 0.350. The molecule has 1 N–H and O–H groups in total. The minimum atomic E-state index is -0.257. The molecule has 2 fully saturated rings. The van der Waals surface area contributed by atoms with E-state index in [4.69, 9.17) is 14.7 Å². The Hall–Kier alpha value is -3.09. The van der Waals surface area contributed by atoms with Gasteiger partial charge in [0.1, 0.15) is 16.6 Å². The monoisotopic (exact) mass is 409 g/mol. The summed E-state index contributed by atoms with van der Waals surface area (Å²) in [6, 6.07) is 8.15. The average Bonchev–Trinajstić information content (AvgIpc) is 3.37. The summed E-state index contributed by atoms with van der Waals surface area (Å²) in [5.74, 6) is 0. The van der Waals surface area contributed by atoms with Crippen LogP contribution >= 0.6 is 11.3 Å². The number of hydrogen-bond acceptors (Lipinski definition) is 7. The van der Waals surface area contributed by atoms with Gasteiger partial charge in [-0.15, -0.1) is 11.3 Å². The highest BCUT2D eigenvalue weighted by molar-refractivity contribution is 7.10. The first-order valence-corrected chi connectivity index (χ1v) is 10.3. The van der Waals surface area contributed by atoms with Crippen LogP contribution in [0.2, 0.25) is 0 Å². The van der Waals surface area contributed by atoms with Gasteiger partial charge in [0, 0.05) is 60.1 Å². The number of aromatic nitrogens is 2. The molecule has 0 spiro atoms. The molecule has 0 unspecified atom stereocenters. The van der Waals surface area contributed by atoms with Crippen LogP contribution in [0.5, 0.6) is 0 Å². The number of fused-ring (bicyclic) bond motifs is 1. The van der Waals surface area contributed by atoms with Gasteiger partial charge < -0.3 is 24.3 Å². The largest absolute Gasteiger partial charge is 0.441 e. The highest BCUT2D eigenvalue weighted by atomic mass is 32.1. The van der Waals surface area contributed by atoms with Crippen LogP contribution in [-0.4, -0.2) is 66.5 Å². The van der Waals surface area contributed by atoms with Crippen molar-refractivity contribution < 1.29 is 14.3 Å². The van der Waals surface area contributed by atoms with E-state index in [2.05, 4.69) is 27.0 Å². The lowest BCUT2D eigenvalue weighted by atomic mass is 10.2. The highest BCUT2D eigenvalue weighted by Gasteiger charge is 2.28. The third-order valence-electron chi connectivity index (χ3n) is 5.28. The quantitative estimate of drug-likeness (QED) is 0.715. The number of carbonyl (C=O) groups is 1. The second-order valence-corrected chi connectivity index (χ2v) is 8.02. The van der Waals surface area contributed by atoms with E-state index in [1.165, 1.54) is 11.3 Å². The molecule has 0 radical (unpaired) electrons. The Morgan fingerprint density at radius 1 is 1.31 bits per heavy atom. The molecular formula is C20H19N5O3S. The van der Waals surface area contributed by atoms with Crippen molar-refractivity contribution in [2.75, 3.05) is 44.3 Å². The molecule has 2 aliphatic heterocycles. The summed E-state index contributed by atoms with van der Waals surface area (Å²) >= 11 is 1.43. The Morgan fingerprint density at radius 2 is 2.14 bits per heavy atom.